The molecule has 1 aromatic rings. The van der Waals surface area contributed by atoms with Gasteiger partial charge in [-0.1, -0.05) is 6.07 Å². The number of carbonyl (C=O) groups excluding carboxylic acids is 2. The Kier molecular flexibility index (Phi) is 6.28. The van der Waals surface area contributed by atoms with E-state index in [-0.39, 0.29) is 18.5 Å². The fourth-order valence-electron chi connectivity index (χ4n) is 3.02. The van der Waals surface area contributed by atoms with E-state index >= 15 is 0 Å². The Bertz CT molecular complexity index is 735. The predicted molar refractivity (Wildman–Crippen MR) is 104 cm³/mol. The van der Waals surface area contributed by atoms with Gasteiger partial charge in [0.25, 0.3) is 0 Å². The van der Waals surface area contributed by atoms with Crippen molar-refractivity contribution in [3.05, 3.63) is 29.3 Å². The van der Waals surface area contributed by atoms with Crippen molar-refractivity contribution in [1.29, 1.82) is 0 Å². The van der Waals surface area contributed by atoms with Gasteiger partial charge in [0, 0.05) is 5.56 Å². The van der Waals surface area contributed by atoms with E-state index in [1.165, 1.54) is 0 Å². The van der Waals surface area contributed by atoms with Gasteiger partial charge in [-0.2, -0.15) is 0 Å². The predicted octanol–water partition coefficient (Wildman–Crippen LogP) is 3.28. The van der Waals surface area contributed by atoms with Crippen LogP contribution in [0.5, 0.6) is 5.75 Å². The molecule has 156 valence electrons. The minimum absolute atomic E-state index is 0.0874. The molecule has 0 aromatic heterocycles. The number of carbonyl (C=O) groups is 2. The second-order valence-electron chi connectivity index (χ2n) is 8.86. The van der Waals surface area contributed by atoms with Crippen LogP contribution in [-0.2, 0) is 20.7 Å². The van der Waals surface area contributed by atoms with Crippen LogP contribution in [0.1, 0.15) is 65.6 Å². The van der Waals surface area contributed by atoms with Crippen LogP contribution in [0.2, 0.25) is 0 Å². The number of rotatable bonds is 4. The van der Waals surface area contributed by atoms with Gasteiger partial charge in [-0.15, -0.1) is 0 Å². The highest BCUT2D eigenvalue weighted by Crippen LogP contribution is 2.40. The molecule has 0 unspecified atom stereocenters. The summed E-state index contributed by atoms with van der Waals surface area (Å²) in [6, 6.07) is 4.52. The second kappa shape index (κ2) is 7.99. The van der Waals surface area contributed by atoms with Gasteiger partial charge < -0.3 is 24.6 Å². The van der Waals surface area contributed by atoms with E-state index in [2.05, 4.69) is 5.32 Å². The SMILES string of the molecule is CC(C)OC(=O)Cc1ccc2c(c1)[C@@H](NC(=O)OC(C)(C)C)[C@H](O)C(C)(C)O2. The number of aliphatic hydroxyl groups excluding tert-OH is 1. The number of esters is 1. The van der Waals surface area contributed by atoms with Gasteiger partial charge >= 0.3 is 12.1 Å². The number of alkyl carbamates (subject to hydrolysis) is 1. The number of fused-ring (bicyclic) bond motifs is 1. The molecule has 0 saturated heterocycles. The van der Waals surface area contributed by atoms with Crippen LogP contribution in [0, 0.1) is 0 Å². The first-order valence-electron chi connectivity index (χ1n) is 9.47. The fraction of sp³-hybridized carbons (Fsp3) is 0.619. The Hall–Kier alpha value is -2.28. The monoisotopic (exact) mass is 393 g/mol. The summed E-state index contributed by atoms with van der Waals surface area (Å²) in [4.78, 5) is 24.3. The molecule has 2 atom stereocenters. The second-order valence-corrected chi connectivity index (χ2v) is 8.86. The molecule has 1 aliphatic rings. The minimum atomic E-state index is -1.01. The quantitative estimate of drug-likeness (QED) is 0.763. The molecule has 28 heavy (non-hydrogen) atoms. The Morgan fingerprint density at radius 2 is 1.93 bits per heavy atom. The summed E-state index contributed by atoms with van der Waals surface area (Å²) in [5, 5.41) is 13.5. The van der Waals surface area contributed by atoms with E-state index in [1.54, 1.807) is 66.7 Å². The van der Waals surface area contributed by atoms with Crippen molar-refractivity contribution < 1.29 is 28.9 Å². The van der Waals surface area contributed by atoms with E-state index in [4.69, 9.17) is 14.2 Å². The highest BCUT2D eigenvalue weighted by Gasteiger charge is 2.44. The highest BCUT2D eigenvalue weighted by atomic mass is 16.6. The topological polar surface area (TPSA) is 94.1 Å². The zero-order chi connectivity index (χ0) is 21.3. The summed E-state index contributed by atoms with van der Waals surface area (Å²) in [5.74, 6) is 0.196. The molecular weight excluding hydrogens is 362 g/mol. The summed E-state index contributed by atoms with van der Waals surface area (Å²) in [7, 11) is 0. The van der Waals surface area contributed by atoms with E-state index < -0.39 is 29.4 Å². The lowest BCUT2D eigenvalue weighted by Gasteiger charge is -2.42. The van der Waals surface area contributed by atoms with E-state index in [1.807, 2.05) is 0 Å². The largest absolute Gasteiger partial charge is 0.485 e. The van der Waals surface area contributed by atoms with Crippen molar-refractivity contribution in [3.8, 4) is 5.75 Å². The van der Waals surface area contributed by atoms with Crippen LogP contribution in [0.25, 0.3) is 0 Å². The number of benzene rings is 1. The van der Waals surface area contributed by atoms with Crippen LogP contribution in [0.15, 0.2) is 18.2 Å². The molecule has 1 amide bonds. The molecule has 0 radical (unpaired) electrons. The Morgan fingerprint density at radius 1 is 1.29 bits per heavy atom. The Labute approximate surface area is 166 Å². The number of amides is 1. The molecule has 7 nitrogen and oxygen atoms in total. The van der Waals surface area contributed by atoms with Gasteiger partial charge in [-0.05, 0) is 66.2 Å². The van der Waals surface area contributed by atoms with Crippen LogP contribution in [0.4, 0.5) is 4.79 Å². The minimum Gasteiger partial charge on any atom is -0.485 e. The maximum Gasteiger partial charge on any atom is 0.408 e. The van der Waals surface area contributed by atoms with Gasteiger partial charge in [0.1, 0.15) is 23.1 Å². The van der Waals surface area contributed by atoms with Gasteiger partial charge in [0.15, 0.2) is 0 Å². The zero-order valence-corrected chi connectivity index (χ0v) is 17.7. The Balaban J connectivity index is 2.31. The van der Waals surface area contributed by atoms with Crippen LogP contribution in [-0.4, -0.2) is 40.6 Å². The molecule has 7 heteroatoms. The first-order valence-corrected chi connectivity index (χ1v) is 9.47. The van der Waals surface area contributed by atoms with Crippen LogP contribution in [0.3, 0.4) is 0 Å². The number of ether oxygens (including phenoxy) is 3. The lowest BCUT2D eigenvalue weighted by molar-refractivity contribution is -0.146. The van der Waals surface area contributed by atoms with E-state index in [0.29, 0.717) is 16.9 Å². The molecule has 0 fully saturated rings. The number of nitrogens with one attached hydrogen (secondary N) is 1. The van der Waals surface area contributed by atoms with Crippen molar-refractivity contribution in [3.63, 3.8) is 0 Å². The van der Waals surface area contributed by atoms with Gasteiger partial charge in [0.05, 0.1) is 18.6 Å². The van der Waals surface area contributed by atoms with Gasteiger partial charge in [-0.25, -0.2) is 4.79 Å². The van der Waals surface area contributed by atoms with E-state index in [0.717, 1.165) is 0 Å². The summed E-state index contributed by atoms with van der Waals surface area (Å²) in [6.07, 6.45) is -1.75. The van der Waals surface area contributed by atoms with E-state index in [9.17, 15) is 14.7 Å². The van der Waals surface area contributed by atoms with Gasteiger partial charge in [0.2, 0.25) is 0 Å². The maximum atomic E-state index is 12.3. The fourth-order valence-corrected chi connectivity index (χ4v) is 3.02. The van der Waals surface area contributed by atoms with Crippen molar-refractivity contribution in [2.24, 2.45) is 0 Å². The van der Waals surface area contributed by atoms with Gasteiger partial charge in [-0.3, -0.25) is 4.79 Å². The standard InChI is InChI=1S/C21H31NO6/c1-12(2)26-16(23)11-13-8-9-15-14(10-13)17(18(24)21(6,7)27-15)22-19(25)28-20(3,4)5/h8-10,12,17-18,24H,11H2,1-7H3,(H,22,25)/t17-,18+/m1/s1. The van der Waals surface area contributed by atoms with Crippen molar-refractivity contribution in [1.82, 2.24) is 5.32 Å². The Morgan fingerprint density at radius 3 is 2.50 bits per heavy atom. The third-order valence-corrected chi connectivity index (χ3v) is 4.20. The molecular formula is C21H31NO6. The molecule has 1 aliphatic heterocycles. The molecule has 0 spiro atoms. The zero-order valence-electron chi connectivity index (χ0n) is 17.7. The molecule has 0 aliphatic carbocycles. The number of hydrogen-bond acceptors (Lipinski definition) is 6. The van der Waals surface area contributed by atoms with Crippen LogP contribution >= 0.6 is 0 Å². The van der Waals surface area contributed by atoms with Crippen molar-refractivity contribution >= 4 is 12.1 Å². The maximum absolute atomic E-state index is 12.3. The average Bonchev–Trinajstić information content (AvgIpc) is 2.49. The van der Waals surface area contributed by atoms with Crippen molar-refractivity contribution in [2.75, 3.05) is 0 Å². The molecule has 1 aromatic carbocycles. The van der Waals surface area contributed by atoms with Crippen molar-refractivity contribution in [2.45, 2.75) is 84.3 Å². The molecule has 0 bridgehead atoms. The summed E-state index contributed by atoms with van der Waals surface area (Å²) >= 11 is 0. The summed E-state index contributed by atoms with van der Waals surface area (Å²) in [6.45, 7) is 12.4. The lowest BCUT2D eigenvalue weighted by Crippen LogP contribution is -2.54. The average molecular weight is 393 g/mol. The summed E-state index contributed by atoms with van der Waals surface area (Å²) < 4.78 is 16.4. The normalized spacial score (nSPS) is 20.8. The third kappa shape index (κ3) is 5.61. The smallest absolute Gasteiger partial charge is 0.408 e. The first-order chi connectivity index (χ1) is 12.8. The molecule has 0 saturated carbocycles. The third-order valence-electron chi connectivity index (χ3n) is 4.20. The number of hydrogen-bond donors (Lipinski definition) is 2. The molecule has 2 rings (SSSR count). The van der Waals surface area contributed by atoms with Crippen LogP contribution < -0.4 is 10.1 Å². The molecule has 1 heterocycles. The summed E-state index contributed by atoms with van der Waals surface area (Å²) in [5.41, 5.74) is -0.283. The first kappa shape index (κ1) is 22.0. The molecule has 2 N–H and O–H groups in total. The highest BCUT2D eigenvalue weighted by molar-refractivity contribution is 5.73. The lowest BCUT2D eigenvalue weighted by atomic mass is 9.85. The number of aliphatic hydroxyl groups is 1.